The van der Waals surface area contributed by atoms with Crippen molar-refractivity contribution in [3.8, 4) is 5.75 Å². The fourth-order valence-corrected chi connectivity index (χ4v) is 3.22. The number of anilines is 1. The number of amides is 2. The molecule has 3 rings (SSSR count). The monoisotopic (exact) mass is 414 g/mol. The van der Waals surface area contributed by atoms with Crippen LogP contribution in [-0.4, -0.2) is 36.3 Å². The van der Waals surface area contributed by atoms with E-state index >= 15 is 0 Å². The van der Waals surface area contributed by atoms with Gasteiger partial charge in [0.25, 0.3) is 5.91 Å². The van der Waals surface area contributed by atoms with Crippen LogP contribution in [-0.2, 0) is 15.1 Å². The number of likely N-dealkylation sites (N-methyl/N-ethyl adjacent to an activating group) is 1. The minimum Gasteiger partial charge on any atom is -0.435 e. The van der Waals surface area contributed by atoms with Crippen LogP contribution in [0.2, 0.25) is 0 Å². The Morgan fingerprint density at radius 2 is 1.93 bits per heavy atom. The molecule has 30 heavy (non-hydrogen) atoms. The summed E-state index contributed by atoms with van der Waals surface area (Å²) in [4.78, 5) is 30.8. The Morgan fingerprint density at radius 3 is 2.50 bits per heavy atom. The molecular weight excluding hydrogens is 394 g/mol. The van der Waals surface area contributed by atoms with Gasteiger partial charge in [0.05, 0.1) is 0 Å². The van der Waals surface area contributed by atoms with Crippen LogP contribution in [0.25, 0.3) is 0 Å². The number of benzene rings is 2. The Hall–Kier alpha value is -3.75. The summed E-state index contributed by atoms with van der Waals surface area (Å²) in [6.45, 7) is -1.24. The summed E-state index contributed by atoms with van der Waals surface area (Å²) in [7, 11) is 1.49. The number of aliphatic imine (C=N–C) groups is 1. The molecule has 0 aromatic heterocycles. The van der Waals surface area contributed by atoms with E-state index in [-0.39, 0.29) is 17.6 Å². The summed E-state index contributed by atoms with van der Waals surface area (Å²) >= 11 is 0. The van der Waals surface area contributed by atoms with E-state index in [4.69, 9.17) is 5.73 Å². The molecule has 0 radical (unpaired) electrons. The van der Waals surface area contributed by atoms with Crippen molar-refractivity contribution in [1.82, 2.24) is 4.90 Å². The number of nitrogens with zero attached hydrogens (tertiary/aromatic N) is 2. The molecule has 7 nitrogen and oxygen atoms in total. The van der Waals surface area contributed by atoms with Gasteiger partial charge < -0.3 is 15.8 Å². The number of nitrogens with one attached hydrogen (secondary N) is 1. The first-order chi connectivity index (χ1) is 14.3. The molecule has 3 N–H and O–H groups in total. The van der Waals surface area contributed by atoms with Gasteiger partial charge in [0.15, 0.2) is 11.5 Å². The second-order valence-corrected chi connectivity index (χ2v) is 6.52. The second kappa shape index (κ2) is 8.32. The standard InChI is InChI=1S/C21H20F2N4O3/c1-3-5-17(28)25-15-7-4-6-14(12-15)21(18(29)27(2)20(24)26-21)13-8-10-16(11-9-13)30-19(22)23/h3-12,19H,1-2H3,(H2,24,26)(H,25,28). The number of rotatable bonds is 6. The summed E-state index contributed by atoms with van der Waals surface area (Å²) in [5.41, 5.74) is 5.74. The first-order valence-corrected chi connectivity index (χ1v) is 9.01. The summed E-state index contributed by atoms with van der Waals surface area (Å²) < 4.78 is 29.3. The Kier molecular flexibility index (Phi) is 5.81. The quantitative estimate of drug-likeness (QED) is 0.711. The molecule has 2 aromatic rings. The molecule has 0 fully saturated rings. The van der Waals surface area contributed by atoms with Crippen molar-refractivity contribution in [3.63, 3.8) is 0 Å². The first kappa shape index (κ1) is 21.0. The molecule has 1 aliphatic heterocycles. The molecule has 2 amide bonds. The molecular formula is C21H20F2N4O3. The molecule has 0 saturated heterocycles. The highest BCUT2D eigenvalue weighted by Crippen LogP contribution is 2.40. The van der Waals surface area contributed by atoms with Crippen molar-refractivity contribution >= 4 is 23.5 Å². The number of nitrogens with two attached hydrogens (primary N) is 1. The van der Waals surface area contributed by atoms with Crippen LogP contribution in [0.1, 0.15) is 18.1 Å². The maximum atomic E-state index is 13.2. The topological polar surface area (TPSA) is 97.0 Å². The highest BCUT2D eigenvalue weighted by molar-refractivity contribution is 6.09. The van der Waals surface area contributed by atoms with E-state index in [0.717, 1.165) is 0 Å². The van der Waals surface area contributed by atoms with Gasteiger partial charge in [-0.25, -0.2) is 4.99 Å². The normalized spacial score (nSPS) is 18.8. The minimum absolute atomic E-state index is 0.0104. The van der Waals surface area contributed by atoms with Gasteiger partial charge in [0, 0.05) is 12.7 Å². The third-order valence-corrected chi connectivity index (χ3v) is 4.60. The fraction of sp³-hybridized carbons (Fsp3) is 0.190. The number of halogens is 2. The van der Waals surface area contributed by atoms with Crippen LogP contribution in [0.5, 0.6) is 5.75 Å². The highest BCUT2D eigenvalue weighted by Gasteiger charge is 2.49. The zero-order chi connectivity index (χ0) is 21.9. The maximum absolute atomic E-state index is 13.2. The number of hydrogen-bond donors (Lipinski definition) is 2. The SMILES string of the molecule is CC=CC(=O)Nc1cccc(C2(c3ccc(OC(F)F)cc3)N=C(N)N(C)C2=O)c1. The van der Waals surface area contributed by atoms with Gasteiger partial charge in [-0.3, -0.25) is 14.5 Å². The molecule has 156 valence electrons. The second-order valence-electron chi connectivity index (χ2n) is 6.52. The summed E-state index contributed by atoms with van der Waals surface area (Å²) in [5, 5.41) is 2.71. The lowest BCUT2D eigenvalue weighted by molar-refractivity contribution is -0.129. The first-order valence-electron chi connectivity index (χ1n) is 9.01. The molecule has 1 unspecified atom stereocenters. The number of carbonyl (C=O) groups is 2. The third-order valence-electron chi connectivity index (χ3n) is 4.60. The zero-order valence-corrected chi connectivity index (χ0v) is 16.3. The van der Waals surface area contributed by atoms with Crippen LogP contribution < -0.4 is 15.8 Å². The summed E-state index contributed by atoms with van der Waals surface area (Å²) in [6.07, 6.45) is 2.97. The predicted octanol–water partition coefficient (Wildman–Crippen LogP) is 2.83. The third kappa shape index (κ3) is 3.86. The molecule has 0 saturated carbocycles. The van der Waals surface area contributed by atoms with E-state index in [2.05, 4.69) is 15.0 Å². The minimum atomic E-state index is -2.96. The zero-order valence-electron chi connectivity index (χ0n) is 16.3. The van der Waals surface area contributed by atoms with E-state index < -0.39 is 18.1 Å². The smallest absolute Gasteiger partial charge is 0.387 e. The molecule has 0 spiro atoms. The van der Waals surface area contributed by atoms with Crippen molar-refractivity contribution in [2.45, 2.75) is 19.1 Å². The van der Waals surface area contributed by atoms with E-state index in [1.165, 1.54) is 42.3 Å². The predicted molar refractivity (Wildman–Crippen MR) is 108 cm³/mol. The molecule has 2 aromatic carbocycles. The Balaban J connectivity index is 2.09. The number of alkyl halides is 2. The number of allylic oxidation sites excluding steroid dienone is 1. The Labute approximate surface area is 171 Å². The summed E-state index contributed by atoms with van der Waals surface area (Å²) in [5.74, 6) is -0.780. The average Bonchev–Trinajstić information content (AvgIpc) is 2.93. The van der Waals surface area contributed by atoms with E-state index in [0.29, 0.717) is 16.8 Å². The van der Waals surface area contributed by atoms with Gasteiger partial charge in [-0.2, -0.15) is 8.78 Å². The van der Waals surface area contributed by atoms with Gasteiger partial charge in [-0.1, -0.05) is 30.3 Å². The Bertz CT molecular complexity index is 1020. The summed E-state index contributed by atoms with van der Waals surface area (Å²) in [6, 6.07) is 12.3. The van der Waals surface area contributed by atoms with Gasteiger partial charge >= 0.3 is 6.61 Å². The van der Waals surface area contributed by atoms with Crippen LogP contribution in [0.15, 0.2) is 65.7 Å². The lowest BCUT2D eigenvalue weighted by Crippen LogP contribution is -2.41. The van der Waals surface area contributed by atoms with Gasteiger partial charge in [0.2, 0.25) is 5.91 Å². The Morgan fingerprint density at radius 1 is 1.23 bits per heavy atom. The fourth-order valence-electron chi connectivity index (χ4n) is 3.22. The van der Waals surface area contributed by atoms with Crippen molar-refractivity contribution in [3.05, 3.63) is 71.8 Å². The van der Waals surface area contributed by atoms with Crippen LogP contribution >= 0.6 is 0 Å². The average molecular weight is 414 g/mol. The molecule has 9 heteroatoms. The number of carbonyl (C=O) groups excluding carboxylic acids is 2. The van der Waals surface area contributed by atoms with Gasteiger partial charge in [0.1, 0.15) is 5.75 Å². The number of hydrogen-bond acceptors (Lipinski definition) is 5. The van der Waals surface area contributed by atoms with Crippen LogP contribution in [0.3, 0.4) is 0 Å². The van der Waals surface area contributed by atoms with Crippen molar-refractivity contribution in [2.24, 2.45) is 10.7 Å². The number of ether oxygens (including phenoxy) is 1. The molecule has 0 aliphatic carbocycles. The van der Waals surface area contributed by atoms with Gasteiger partial charge in [-0.05, 0) is 48.4 Å². The van der Waals surface area contributed by atoms with Gasteiger partial charge in [-0.15, -0.1) is 0 Å². The highest BCUT2D eigenvalue weighted by atomic mass is 19.3. The van der Waals surface area contributed by atoms with Crippen molar-refractivity contribution in [2.75, 3.05) is 12.4 Å². The molecule has 0 bridgehead atoms. The number of guanidine groups is 1. The van der Waals surface area contributed by atoms with E-state index in [1.807, 2.05) is 0 Å². The molecule has 1 atom stereocenters. The molecule has 1 heterocycles. The molecule has 1 aliphatic rings. The lowest BCUT2D eigenvalue weighted by Gasteiger charge is -2.26. The van der Waals surface area contributed by atoms with Crippen LogP contribution in [0.4, 0.5) is 14.5 Å². The van der Waals surface area contributed by atoms with E-state index in [9.17, 15) is 18.4 Å². The van der Waals surface area contributed by atoms with E-state index in [1.54, 1.807) is 37.3 Å². The van der Waals surface area contributed by atoms with Crippen LogP contribution in [0, 0.1) is 0 Å². The maximum Gasteiger partial charge on any atom is 0.387 e. The largest absolute Gasteiger partial charge is 0.435 e. The van der Waals surface area contributed by atoms with Crippen molar-refractivity contribution in [1.29, 1.82) is 0 Å². The lowest BCUT2D eigenvalue weighted by atomic mass is 9.82. The van der Waals surface area contributed by atoms with Crippen molar-refractivity contribution < 1.29 is 23.1 Å².